The first kappa shape index (κ1) is 12.6. The number of nitrogens with one attached hydrogen (secondary N) is 1. The summed E-state index contributed by atoms with van der Waals surface area (Å²) in [7, 11) is 1.84. The molecule has 0 aliphatic carbocycles. The molecule has 3 nitrogen and oxygen atoms in total. The maximum Gasteiger partial charge on any atom is 0.244 e. The summed E-state index contributed by atoms with van der Waals surface area (Å²) in [6.07, 6.45) is 0.879. The van der Waals surface area contributed by atoms with Gasteiger partial charge in [0.05, 0.1) is 6.04 Å². The summed E-state index contributed by atoms with van der Waals surface area (Å²) in [5, 5.41) is 3.06. The Morgan fingerprint density at radius 2 is 1.94 bits per heavy atom. The first-order chi connectivity index (χ1) is 8.04. The van der Waals surface area contributed by atoms with Crippen LogP contribution in [0.25, 0.3) is 0 Å². The maximum absolute atomic E-state index is 12.2. The number of halogens is 1. The summed E-state index contributed by atoms with van der Waals surface area (Å²) in [6, 6.07) is 4.09. The first-order valence-electron chi connectivity index (χ1n) is 5.80. The summed E-state index contributed by atoms with van der Waals surface area (Å²) >= 11 is 3.48. The van der Waals surface area contributed by atoms with Gasteiger partial charge in [-0.3, -0.25) is 4.79 Å². The fourth-order valence-corrected chi connectivity index (χ4v) is 3.19. The number of aryl methyl sites for hydroxylation is 2. The lowest BCUT2D eigenvalue weighted by molar-refractivity contribution is -0.118. The molecule has 0 aromatic heterocycles. The molecule has 0 spiro atoms. The summed E-state index contributed by atoms with van der Waals surface area (Å²) in [5.41, 5.74) is 3.35. The highest BCUT2D eigenvalue weighted by molar-refractivity contribution is 9.10. The van der Waals surface area contributed by atoms with Crippen molar-refractivity contribution in [2.75, 3.05) is 18.5 Å². The Balaban J connectivity index is 2.39. The smallest absolute Gasteiger partial charge is 0.244 e. The summed E-state index contributed by atoms with van der Waals surface area (Å²) < 4.78 is 1.06. The normalized spacial score (nSPS) is 20.1. The molecule has 2 rings (SSSR count). The Bertz CT molecular complexity index is 436. The molecule has 1 aromatic rings. The van der Waals surface area contributed by atoms with Gasteiger partial charge in [0.1, 0.15) is 0 Å². The Labute approximate surface area is 110 Å². The van der Waals surface area contributed by atoms with Gasteiger partial charge in [0.15, 0.2) is 0 Å². The van der Waals surface area contributed by atoms with Crippen LogP contribution < -0.4 is 10.2 Å². The van der Waals surface area contributed by atoms with Gasteiger partial charge in [-0.2, -0.15) is 0 Å². The number of hydrogen-bond acceptors (Lipinski definition) is 2. The number of likely N-dealkylation sites (N-methyl/N-ethyl adjacent to an activating group) is 1. The molecule has 0 bridgehead atoms. The zero-order valence-electron chi connectivity index (χ0n) is 10.4. The number of amides is 1. The third kappa shape index (κ3) is 2.24. The van der Waals surface area contributed by atoms with Gasteiger partial charge in [-0.25, -0.2) is 0 Å². The first-order valence-corrected chi connectivity index (χ1v) is 6.59. The van der Waals surface area contributed by atoms with Crippen LogP contribution in [0.2, 0.25) is 0 Å². The number of benzene rings is 1. The van der Waals surface area contributed by atoms with Crippen molar-refractivity contribution in [3.8, 4) is 0 Å². The quantitative estimate of drug-likeness (QED) is 0.909. The van der Waals surface area contributed by atoms with E-state index in [-0.39, 0.29) is 11.9 Å². The van der Waals surface area contributed by atoms with Crippen LogP contribution >= 0.6 is 15.9 Å². The molecule has 1 aliphatic rings. The molecule has 0 saturated carbocycles. The van der Waals surface area contributed by atoms with Crippen molar-refractivity contribution in [3.05, 3.63) is 27.7 Å². The summed E-state index contributed by atoms with van der Waals surface area (Å²) in [4.78, 5) is 14.1. The molecule has 1 aromatic carbocycles. The molecule has 1 heterocycles. The van der Waals surface area contributed by atoms with Crippen molar-refractivity contribution >= 4 is 27.5 Å². The molecule has 1 fully saturated rings. The van der Waals surface area contributed by atoms with Gasteiger partial charge in [-0.05, 0) is 50.6 Å². The average molecular weight is 297 g/mol. The van der Waals surface area contributed by atoms with Crippen molar-refractivity contribution in [3.63, 3.8) is 0 Å². The van der Waals surface area contributed by atoms with E-state index in [1.54, 1.807) is 0 Å². The van der Waals surface area contributed by atoms with Gasteiger partial charge < -0.3 is 10.2 Å². The van der Waals surface area contributed by atoms with Crippen LogP contribution in [0, 0.1) is 13.8 Å². The summed E-state index contributed by atoms with van der Waals surface area (Å²) in [6.45, 7) is 4.90. The number of nitrogens with zero attached hydrogens (tertiary/aromatic N) is 1. The molecule has 1 amide bonds. The van der Waals surface area contributed by atoms with Crippen LogP contribution in [-0.4, -0.2) is 25.5 Å². The largest absolute Gasteiger partial charge is 0.310 e. The Kier molecular flexibility index (Phi) is 3.54. The minimum Gasteiger partial charge on any atom is -0.310 e. The van der Waals surface area contributed by atoms with E-state index in [9.17, 15) is 4.79 Å². The zero-order valence-corrected chi connectivity index (χ0v) is 12.0. The second-order valence-electron chi connectivity index (χ2n) is 4.51. The minimum absolute atomic E-state index is 0.0301. The van der Waals surface area contributed by atoms with E-state index >= 15 is 0 Å². The highest BCUT2D eigenvalue weighted by atomic mass is 79.9. The molecule has 1 aliphatic heterocycles. The maximum atomic E-state index is 12.2. The van der Waals surface area contributed by atoms with Crippen LogP contribution in [0.3, 0.4) is 0 Å². The Hall–Kier alpha value is -0.870. The van der Waals surface area contributed by atoms with E-state index in [1.807, 2.05) is 25.8 Å². The third-order valence-electron chi connectivity index (χ3n) is 3.28. The second kappa shape index (κ2) is 4.78. The lowest BCUT2D eigenvalue weighted by Crippen LogP contribution is -2.36. The average Bonchev–Trinajstić information content (AvgIpc) is 2.59. The SMILES string of the molecule is CNC1CCN(c2c(C)cc(Br)cc2C)C1=O. The van der Waals surface area contributed by atoms with Crippen molar-refractivity contribution < 1.29 is 4.79 Å². The molecule has 1 N–H and O–H groups in total. The summed E-state index contributed by atoms with van der Waals surface area (Å²) in [5.74, 6) is 0.182. The van der Waals surface area contributed by atoms with Crippen LogP contribution in [-0.2, 0) is 4.79 Å². The van der Waals surface area contributed by atoms with Crippen LogP contribution in [0.4, 0.5) is 5.69 Å². The monoisotopic (exact) mass is 296 g/mol. The van der Waals surface area contributed by atoms with Crippen molar-refractivity contribution in [1.29, 1.82) is 0 Å². The van der Waals surface area contributed by atoms with E-state index in [0.29, 0.717) is 0 Å². The van der Waals surface area contributed by atoms with Gasteiger partial charge in [0, 0.05) is 16.7 Å². The molecule has 1 saturated heterocycles. The van der Waals surface area contributed by atoms with E-state index in [1.165, 1.54) is 0 Å². The Morgan fingerprint density at radius 1 is 1.35 bits per heavy atom. The second-order valence-corrected chi connectivity index (χ2v) is 5.42. The molecule has 4 heteroatoms. The highest BCUT2D eigenvalue weighted by Crippen LogP contribution is 2.31. The molecule has 17 heavy (non-hydrogen) atoms. The topological polar surface area (TPSA) is 32.3 Å². The van der Waals surface area contributed by atoms with Gasteiger partial charge >= 0.3 is 0 Å². The number of hydrogen-bond donors (Lipinski definition) is 1. The van der Waals surface area contributed by atoms with E-state index in [4.69, 9.17) is 0 Å². The lowest BCUT2D eigenvalue weighted by atomic mass is 10.1. The fourth-order valence-electron chi connectivity index (χ4n) is 2.50. The zero-order chi connectivity index (χ0) is 12.6. The number of carbonyl (C=O) groups is 1. The minimum atomic E-state index is -0.0301. The fraction of sp³-hybridized carbons (Fsp3) is 0.462. The lowest BCUT2D eigenvalue weighted by Gasteiger charge is -2.22. The van der Waals surface area contributed by atoms with Gasteiger partial charge in [-0.15, -0.1) is 0 Å². The predicted molar refractivity (Wildman–Crippen MR) is 73.4 cm³/mol. The van der Waals surface area contributed by atoms with Gasteiger partial charge in [0.25, 0.3) is 0 Å². The number of carbonyl (C=O) groups excluding carboxylic acids is 1. The van der Waals surface area contributed by atoms with Crippen LogP contribution in [0.1, 0.15) is 17.5 Å². The van der Waals surface area contributed by atoms with Gasteiger partial charge in [-0.1, -0.05) is 15.9 Å². The van der Waals surface area contributed by atoms with Gasteiger partial charge in [0.2, 0.25) is 5.91 Å². The highest BCUT2D eigenvalue weighted by Gasteiger charge is 2.32. The standard InChI is InChI=1S/C13H17BrN2O/c1-8-6-10(14)7-9(2)12(8)16-5-4-11(15-3)13(16)17/h6-7,11,15H,4-5H2,1-3H3. The molecular formula is C13H17BrN2O. The third-order valence-corrected chi connectivity index (χ3v) is 3.74. The molecule has 1 atom stereocenters. The number of anilines is 1. The van der Waals surface area contributed by atoms with Crippen molar-refractivity contribution in [2.45, 2.75) is 26.3 Å². The molecular weight excluding hydrogens is 280 g/mol. The van der Waals surface area contributed by atoms with E-state index in [2.05, 4.69) is 33.4 Å². The van der Waals surface area contributed by atoms with Crippen molar-refractivity contribution in [1.82, 2.24) is 5.32 Å². The van der Waals surface area contributed by atoms with Crippen LogP contribution in [0.5, 0.6) is 0 Å². The molecule has 0 radical (unpaired) electrons. The molecule has 92 valence electrons. The predicted octanol–water partition coefficient (Wildman–Crippen LogP) is 2.39. The van der Waals surface area contributed by atoms with Crippen LogP contribution in [0.15, 0.2) is 16.6 Å². The Morgan fingerprint density at radius 3 is 2.41 bits per heavy atom. The molecule has 1 unspecified atom stereocenters. The van der Waals surface area contributed by atoms with E-state index in [0.717, 1.165) is 34.3 Å². The van der Waals surface area contributed by atoms with Crippen molar-refractivity contribution in [2.24, 2.45) is 0 Å². The van der Waals surface area contributed by atoms with E-state index < -0.39 is 0 Å². The number of rotatable bonds is 2.